The second kappa shape index (κ2) is 5.53. The van der Waals surface area contributed by atoms with Crippen LogP contribution in [0.2, 0.25) is 0 Å². The number of hydrogen-bond donors (Lipinski definition) is 2. The summed E-state index contributed by atoms with van der Waals surface area (Å²) in [6.45, 7) is 0.492. The van der Waals surface area contributed by atoms with E-state index >= 15 is 0 Å². The standard InChI is InChI=1S/C14H18N2O2S/c15-7-9-5-6-12(18-9)14(17)16-11-8-19-13-4-2-1-3-10(11)13/h1-4,9,11-12H,5-8,15H2,(H,16,17)/t9-,11?,12+/m1/s1. The first-order valence-corrected chi connectivity index (χ1v) is 7.64. The third kappa shape index (κ3) is 2.63. The molecule has 1 aromatic rings. The van der Waals surface area contributed by atoms with Crippen LogP contribution >= 0.6 is 11.8 Å². The molecular weight excluding hydrogens is 260 g/mol. The summed E-state index contributed by atoms with van der Waals surface area (Å²) >= 11 is 1.79. The molecule has 1 amide bonds. The zero-order valence-electron chi connectivity index (χ0n) is 10.7. The summed E-state index contributed by atoms with van der Waals surface area (Å²) in [4.78, 5) is 13.5. The lowest BCUT2D eigenvalue weighted by Crippen LogP contribution is -2.37. The lowest BCUT2D eigenvalue weighted by Gasteiger charge is -2.17. The fourth-order valence-electron chi connectivity index (χ4n) is 2.62. The van der Waals surface area contributed by atoms with Crippen molar-refractivity contribution >= 4 is 17.7 Å². The summed E-state index contributed by atoms with van der Waals surface area (Å²) in [5, 5.41) is 3.10. The third-order valence-electron chi connectivity index (χ3n) is 3.68. The molecule has 0 saturated carbocycles. The summed E-state index contributed by atoms with van der Waals surface area (Å²) < 4.78 is 5.63. The van der Waals surface area contributed by atoms with Crippen LogP contribution in [-0.4, -0.2) is 30.4 Å². The highest BCUT2D eigenvalue weighted by Gasteiger charge is 2.32. The van der Waals surface area contributed by atoms with E-state index in [2.05, 4.69) is 17.4 Å². The van der Waals surface area contributed by atoms with Gasteiger partial charge in [0.2, 0.25) is 5.91 Å². The van der Waals surface area contributed by atoms with Gasteiger partial charge in [-0.15, -0.1) is 11.8 Å². The van der Waals surface area contributed by atoms with Crippen LogP contribution in [0, 0.1) is 0 Å². The van der Waals surface area contributed by atoms with Crippen molar-refractivity contribution in [2.45, 2.75) is 36.0 Å². The molecular formula is C14H18N2O2S. The second-order valence-electron chi connectivity index (χ2n) is 4.97. The largest absolute Gasteiger partial charge is 0.364 e. The van der Waals surface area contributed by atoms with E-state index in [-0.39, 0.29) is 24.2 Å². The molecule has 19 heavy (non-hydrogen) atoms. The number of amides is 1. The van der Waals surface area contributed by atoms with Crippen molar-refractivity contribution in [3.63, 3.8) is 0 Å². The molecule has 3 atom stereocenters. The normalized spacial score (nSPS) is 29.2. The van der Waals surface area contributed by atoms with E-state index < -0.39 is 0 Å². The van der Waals surface area contributed by atoms with E-state index in [0.29, 0.717) is 6.54 Å². The quantitative estimate of drug-likeness (QED) is 0.878. The molecule has 3 N–H and O–H groups in total. The Balaban J connectivity index is 1.62. The maximum absolute atomic E-state index is 12.2. The van der Waals surface area contributed by atoms with Gasteiger partial charge in [0.1, 0.15) is 6.10 Å². The number of rotatable bonds is 3. The van der Waals surface area contributed by atoms with Gasteiger partial charge in [0.05, 0.1) is 12.1 Å². The molecule has 102 valence electrons. The number of carbonyl (C=O) groups excluding carboxylic acids is 1. The smallest absolute Gasteiger partial charge is 0.249 e. The number of fused-ring (bicyclic) bond motifs is 1. The summed E-state index contributed by atoms with van der Waals surface area (Å²) in [6, 6.07) is 8.33. The number of thioether (sulfide) groups is 1. The van der Waals surface area contributed by atoms with Crippen LogP contribution in [0.5, 0.6) is 0 Å². The van der Waals surface area contributed by atoms with Crippen molar-refractivity contribution in [2.75, 3.05) is 12.3 Å². The van der Waals surface area contributed by atoms with Gasteiger partial charge in [0, 0.05) is 17.2 Å². The Morgan fingerprint density at radius 3 is 3.05 bits per heavy atom. The van der Waals surface area contributed by atoms with Gasteiger partial charge in [-0.05, 0) is 24.5 Å². The van der Waals surface area contributed by atoms with Crippen LogP contribution in [0.1, 0.15) is 24.4 Å². The van der Waals surface area contributed by atoms with E-state index in [9.17, 15) is 4.79 Å². The van der Waals surface area contributed by atoms with Gasteiger partial charge in [0.15, 0.2) is 0 Å². The number of nitrogens with two attached hydrogens (primary N) is 1. The van der Waals surface area contributed by atoms with Gasteiger partial charge < -0.3 is 15.8 Å². The Morgan fingerprint density at radius 1 is 1.42 bits per heavy atom. The maximum atomic E-state index is 12.2. The van der Waals surface area contributed by atoms with Crippen LogP contribution < -0.4 is 11.1 Å². The van der Waals surface area contributed by atoms with Crippen LogP contribution in [0.4, 0.5) is 0 Å². The predicted octanol–water partition coefficient (Wildman–Crippen LogP) is 1.46. The van der Waals surface area contributed by atoms with E-state index in [1.165, 1.54) is 10.5 Å². The Morgan fingerprint density at radius 2 is 2.26 bits per heavy atom. The molecule has 2 aliphatic heterocycles. The highest BCUT2D eigenvalue weighted by Crippen LogP contribution is 2.37. The first-order valence-electron chi connectivity index (χ1n) is 6.65. The Hall–Kier alpha value is -1.04. The Labute approximate surface area is 117 Å². The third-order valence-corrected chi connectivity index (χ3v) is 4.86. The van der Waals surface area contributed by atoms with Gasteiger partial charge in [-0.3, -0.25) is 4.79 Å². The zero-order valence-corrected chi connectivity index (χ0v) is 11.5. The minimum atomic E-state index is -0.327. The van der Waals surface area contributed by atoms with E-state index in [1.807, 2.05) is 12.1 Å². The number of nitrogens with one attached hydrogen (secondary N) is 1. The van der Waals surface area contributed by atoms with Gasteiger partial charge in [-0.25, -0.2) is 0 Å². The molecule has 1 unspecified atom stereocenters. The van der Waals surface area contributed by atoms with Gasteiger partial charge in [-0.1, -0.05) is 18.2 Å². The first kappa shape index (κ1) is 13.0. The highest BCUT2D eigenvalue weighted by atomic mass is 32.2. The first-order chi connectivity index (χ1) is 9.28. The van der Waals surface area contributed by atoms with Crippen molar-refractivity contribution in [1.29, 1.82) is 0 Å². The molecule has 1 fully saturated rings. The lowest BCUT2D eigenvalue weighted by molar-refractivity contribution is -0.132. The highest BCUT2D eigenvalue weighted by molar-refractivity contribution is 7.99. The minimum Gasteiger partial charge on any atom is -0.364 e. The summed E-state index contributed by atoms with van der Waals surface area (Å²) in [7, 11) is 0. The fraction of sp³-hybridized carbons (Fsp3) is 0.500. The van der Waals surface area contributed by atoms with Crippen molar-refractivity contribution in [3.05, 3.63) is 29.8 Å². The molecule has 5 heteroatoms. The summed E-state index contributed by atoms with van der Waals surface area (Å²) in [6.07, 6.45) is 1.37. The lowest BCUT2D eigenvalue weighted by atomic mass is 10.1. The Kier molecular flexibility index (Phi) is 3.77. The second-order valence-corrected chi connectivity index (χ2v) is 6.03. The molecule has 1 aromatic carbocycles. The molecule has 3 rings (SSSR count). The average molecular weight is 278 g/mol. The molecule has 0 aromatic heterocycles. The van der Waals surface area contributed by atoms with Crippen LogP contribution in [-0.2, 0) is 9.53 Å². The van der Waals surface area contributed by atoms with Crippen molar-refractivity contribution < 1.29 is 9.53 Å². The monoisotopic (exact) mass is 278 g/mol. The molecule has 1 saturated heterocycles. The summed E-state index contributed by atoms with van der Waals surface area (Å²) in [5.41, 5.74) is 6.78. The molecule has 0 spiro atoms. The summed E-state index contributed by atoms with van der Waals surface area (Å²) in [5.74, 6) is 0.899. The molecule has 0 bridgehead atoms. The van der Waals surface area contributed by atoms with Crippen molar-refractivity contribution in [1.82, 2.24) is 5.32 Å². The van der Waals surface area contributed by atoms with Gasteiger partial charge in [0.25, 0.3) is 0 Å². The van der Waals surface area contributed by atoms with Gasteiger partial charge >= 0.3 is 0 Å². The molecule has 2 heterocycles. The fourth-order valence-corrected chi connectivity index (χ4v) is 3.78. The zero-order chi connectivity index (χ0) is 13.2. The number of carbonyl (C=O) groups is 1. The number of hydrogen-bond acceptors (Lipinski definition) is 4. The molecule has 4 nitrogen and oxygen atoms in total. The molecule has 0 aliphatic carbocycles. The van der Waals surface area contributed by atoms with E-state index in [4.69, 9.17) is 10.5 Å². The van der Waals surface area contributed by atoms with E-state index in [0.717, 1.165) is 18.6 Å². The van der Waals surface area contributed by atoms with Crippen molar-refractivity contribution in [3.8, 4) is 0 Å². The molecule has 0 radical (unpaired) electrons. The van der Waals surface area contributed by atoms with Crippen LogP contribution in [0.15, 0.2) is 29.2 Å². The predicted molar refractivity (Wildman–Crippen MR) is 75.0 cm³/mol. The van der Waals surface area contributed by atoms with Crippen molar-refractivity contribution in [2.24, 2.45) is 5.73 Å². The average Bonchev–Trinajstić information content (AvgIpc) is 3.06. The minimum absolute atomic E-state index is 0.00162. The van der Waals surface area contributed by atoms with E-state index in [1.54, 1.807) is 11.8 Å². The SMILES string of the molecule is NC[C@H]1CC[C@@H](C(=O)NC2CSc3ccccc32)O1. The van der Waals surface area contributed by atoms with Crippen LogP contribution in [0.25, 0.3) is 0 Å². The Bertz CT molecular complexity index is 480. The van der Waals surface area contributed by atoms with Crippen LogP contribution in [0.3, 0.4) is 0 Å². The molecule has 2 aliphatic rings. The van der Waals surface area contributed by atoms with Gasteiger partial charge in [-0.2, -0.15) is 0 Å². The maximum Gasteiger partial charge on any atom is 0.249 e. The topological polar surface area (TPSA) is 64.4 Å². The number of benzene rings is 1. The number of ether oxygens (including phenoxy) is 1.